The van der Waals surface area contributed by atoms with Crippen LogP contribution in [0.15, 0.2) is 36.5 Å². The number of benzene rings is 1. The van der Waals surface area contributed by atoms with Gasteiger partial charge >= 0.3 is 6.01 Å². The number of halogens is 1. The van der Waals surface area contributed by atoms with Crippen molar-refractivity contribution in [3.8, 4) is 6.01 Å². The fraction of sp³-hybridized carbons (Fsp3) is 0.333. The maximum Gasteiger partial charge on any atom is 0.318 e. The number of hydrogen-bond acceptors (Lipinski definition) is 5. The molecule has 0 unspecified atom stereocenters. The minimum Gasteiger partial charge on any atom is -0.458 e. The van der Waals surface area contributed by atoms with Crippen molar-refractivity contribution in [1.82, 2.24) is 15.3 Å². The van der Waals surface area contributed by atoms with Crippen molar-refractivity contribution in [3.63, 3.8) is 0 Å². The first-order valence-corrected chi connectivity index (χ1v) is 6.98. The quantitative estimate of drug-likeness (QED) is 0.926. The van der Waals surface area contributed by atoms with Crippen LogP contribution in [0.5, 0.6) is 6.01 Å². The van der Waals surface area contributed by atoms with E-state index in [0.717, 1.165) is 32.0 Å². The molecule has 5 nitrogen and oxygen atoms in total. The van der Waals surface area contributed by atoms with Crippen molar-refractivity contribution >= 4 is 5.82 Å². The topological polar surface area (TPSA) is 50.3 Å². The van der Waals surface area contributed by atoms with Crippen LogP contribution >= 0.6 is 0 Å². The first kappa shape index (κ1) is 13.8. The molecule has 21 heavy (non-hydrogen) atoms. The molecule has 1 aliphatic heterocycles. The average molecular weight is 288 g/mol. The van der Waals surface area contributed by atoms with E-state index in [1.807, 2.05) is 6.07 Å². The van der Waals surface area contributed by atoms with Crippen LogP contribution in [0.2, 0.25) is 0 Å². The standard InChI is InChI=1S/C15H17FN4O/c16-13-4-2-1-3-12(13)11-21-15-18-6-5-14(19-15)20-9-7-17-8-10-20/h1-6,17H,7-11H2. The van der Waals surface area contributed by atoms with Crippen LogP contribution in [-0.2, 0) is 6.61 Å². The van der Waals surface area contributed by atoms with Gasteiger partial charge in [-0.1, -0.05) is 18.2 Å². The fourth-order valence-electron chi connectivity index (χ4n) is 2.23. The van der Waals surface area contributed by atoms with E-state index in [1.165, 1.54) is 6.07 Å². The zero-order valence-corrected chi connectivity index (χ0v) is 11.6. The Morgan fingerprint density at radius 3 is 2.81 bits per heavy atom. The van der Waals surface area contributed by atoms with Gasteiger partial charge in [0.1, 0.15) is 18.2 Å². The van der Waals surface area contributed by atoms with Gasteiger partial charge in [-0.15, -0.1) is 0 Å². The number of rotatable bonds is 4. The molecular formula is C15H17FN4O. The third-order valence-electron chi connectivity index (χ3n) is 3.37. The third kappa shape index (κ3) is 3.46. The summed E-state index contributed by atoms with van der Waals surface area (Å²) in [7, 11) is 0. The maximum atomic E-state index is 13.5. The molecule has 0 bridgehead atoms. The van der Waals surface area contributed by atoms with Gasteiger partial charge in [0.05, 0.1) is 0 Å². The Morgan fingerprint density at radius 1 is 1.19 bits per heavy atom. The van der Waals surface area contributed by atoms with E-state index in [0.29, 0.717) is 5.56 Å². The van der Waals surface area contributed by atoms with Crippen LogP contribution in [0.1, 0.15) is 5.56 Å². The highest BCUT2D eigenvalue weighted by molar-refractivity contribution is 5.38. The van der Waals surface area contributed by atoms with Gasteiger partial charge in [-0.05, 0) is 12.1 Å². The summed E-state index contributed by atoms with van der Waals surface area (Å²) in [5, 5.41) is 3.29. The van der Waals surface area contributed by atoms with Gasteiger partial charge in [-0.2, -0.15) is 4.98 Å². The van der Waals surface area contributed by atoms with Crippen molar-refractivity contribution in [1.29, 1.82) is 0 Å². The van der Waals surface area contributed by atoms with Crippen LogP contribution < -0.4 is 15.0 Å². The molecule has 0 amide bonds. The second kappa shape index (κ2) is 6.49. The van der Waals surface area contributed by atoms with Crippen LogP contribution in [0.4, 0.5) is 10.2 Å². The molecule has 110 valence electrons. The van der Waals surface area contributed by atoms with Gasteiger partial charge in [0, 0.05) is 37.9 Å². The molecule has 6 heteroatoms. The van der Waals surface area contributed by atoms with Crippen LogP contribution in [0.25, 0.3) is 0 Å². The van der Waals surface area contributed by atoms with E-state index < -0.39 is 0 Å². The molecular weight excluding hydrogens is 271 g/mol. The molecule has 0 aliphatic carbocycles. The predicted octanol–water partition coefficient (Wildman–Crippen LogP) is 1.60. The Kier molecular flexibility index (Phi) is 4.25. The smallest absolute Gasteiger partial charge is 0.318 e. The molecule has 1 aromatic carbocycles. The molecule has 3 rings (SSSR count). The van der Waals surface area contributed by atoms with Gasteiger partial charge in [0.15, 0.2) is 0 Å². The molecule has 1 saturated heterocycles. The average Bonchev–Trinajstić information content (AvgIpc) is 2.55. The van der Waals surface area contributed by atoms with E-state index in [-0.39, 0.29) is 18.4 Å². The monoisotopic (exact) mass is 288 g/mol. The fourth-order valence-corrected chi connectivity index (χ4v) is 2.23. The number of ether oxygens (including phenoxy) is 1. The lowest BCUT2D eigenvalue weighted by Gasteiger charge is -2.28. The van der Waals surface area contributed by atoms with E-state index in [4.69, 9.17) is 4.74 Å². The molecule has 0 spiro atoms. The number of piperazine rings is 1. The molecule has 2 heterocycles. The summed E-state index contributed by atoms with van der Waals surface area (Å²) in [6.45, 7) is 3.82. The predicted molar refractivity (Wildman–Crippen MR) is 77.8 cm³/mol. The SMILES string of the molecule is Fc1ccccc1COc1nccc(N2CCNCC2)n1. The normalized spacial score (nSPS) is 15.0. The summed E-state index contributed by atoms with van der Waals surface area (Å²) in [5.41, 5.74) is 0.494. The summed E-state index contributed by atoms with van der Waals surface area (Å²) in [5.74, 6) is 0.561. The summed E-state index contributed by atoms with van der Waals surface area (Å²) in [4.78, 5) is 10.6. The van der Waals surface area contributed by atoms with E-state index in [2.05, 4.69) is 20.2 Å². The Bertz CT molecular complexity index is 602. The highest BCUT2D eigenvalue weighted by Gasteiger charge is 2.13. The van der Waals surface area contributed by atoms with Gasteiger partial charge in [-0.25, -0.2) is 9.37 Å². The van der Waals surface area contributed by atoms with Crippen LogP contribution in [0.3, 0.4) is 0 Å². The summed E-state index contributed by atoms with van der Waals surface area (Å²) in [6, 6.07) is 8.67. The van der Waals surface area contributed by atoms with Crippen molar-refractivity contribution in [3.05, 3.63) is 47.9 Å². The molecule has 1 N–H and O–H groups in total. The van der Waals surface area contributed by atoms with E-state index >= 15 is 0 Å². The van der Waals surface area contributed by atoms with E-state index in [9.17, 15) is 4.39 Å². The number of nitrogens with zero attached hydrogens (tertiary/aromatic N) is 3. The lowest BCUT2D eigenvalue weighted by Crippen LogP contribution is -2.43. The zero-order valence-electron chi connectivity index (χ0n) is 11.6. The van der Waals surface area contributed by atoms with Crippen molar-refractivity contribution in [2.75, 3.05) is 31.1 Å². The molecule has 0 radical (unpaired) electrons. The van der Waals surface area contributed by atoms with Gasteiger partial charge in [-0.3, -0.25) is 0 Å². The lowest BCUT2D eigenvalue weighted by atomic mass is 10.2. The number of aromatic nitrogens is 2. The molecule has 0 saturated carbocycles. The molecule has 0 atom stereocenters. The van der Waals surface area contributed by atoms with Crippen LogP contribution in [0, 0.1) is 5.82 Å². The molecule has 1 aromatic heterocycles. The van der Waals surface area contributed by atoms with E-state index in [1.54, 1.807) is 24.4 Å². The first-order chi connectivity index (χ1) is 10.3. The van der Waals surface area contributed by atoms with Gasteiger partial charge in [0.2, 0.25) is 0 Å². The second-order valence-electron chi connectivity index (χ2n) is 4.81. The van der Waals surface area contributed by atoms with Crippen molar-refractivity contribution in [2.45, 2.75) is 6.61 Å². The highest BCUT2D eigenvalue weighted by atomic mass is 19.1. The van der Waals surface area contributed by atoms with Gasteiger partial charge in [0.25, 0.3) is 0 Å². The summed E-state index contributed by atoms with van der Waals surface area (Å²) < 4.78 is 19.0. The Balaban J connectivity index is 1.67. The minimum absolute atomic E-state index is 0.123. The van der Waals surface area contributed by atoms with Crippen molar-refractivity contribution < 1.29 is 9.13 Å². The van der Waals surface area contributed by atoms with Crippen LogP contribution in [-0.4, -0.2) is 36.1 Å². The summed E-state index contributed by atoms with van der Waals surface area (Å²) in [6.07, 6.45) is 1.67. The lowest BCUT2D eigenvalue weighted by molar-refractivity contribution is 0.275. The van der Waals surface area contributed by atoms with Crippen molar-refractivity contribution in [2.24, 2.45) is 0 Å². The molecule has 1 aliphatic rings. The zero-order chi connectivity index (χ0) is 14.5. The largest absolute Gasteiger partial charge is 0.458 e. The number of hydrogen-bond donors (Lipinski definition) is 1. The third-order valence-corrected chi connectivity index (χ3v) is 3.37. The Hall–Kier alpha value is -2.21. The van der Waals surface area contributed by atoms with Gasteiger partial charge < -0.3 is 15.0 Å². The first-order valence-electron chi connectivity index (χ1n) is 6.98. The molecule has 1 fully saturated rings. The highest BCUT2D eigenvalue weighted by Crippen LogP contribution is 2.15. The number of anilines is 1. The minimum atomic E-state index is -0.282. The Morgan fingerprint density at radius 2 is 2.00 bits per heavy atom. The second-order valence-corrected chi connectivity index (χ2v) is 4.81. The summed E-state index contributed by atoms with van der Waals surface area (Å²) >= 11 is 0. The number of nitrogens with one attached hydrogen (secondary N) is 1. The Labute approximate surface area is 122 Å². The maximum absolute atomic E-state index is 13.5. The molecule has 2 aromatic rings.